The number of ether oxygens (including phenoxy) is 1. The summed E-state index contributed by atoms with van der Waals surface area (Å²) in [6.45, 7) is 8.44. The van der Waals surface area contributed by atoms with Gasteiger partial charge in [-0.3, -0.25) is 9.89 Å². The van der Waals surface area contributed by atoms with Crippen LogP contribution in [0, 0.1) is 0 Å². The van der Waals surface area contributed by atoms with E-state index in [0.717, 1.165) is 5.82 Å². The van der Waals surface area contributed by atoms with Crippen LogP contribution in [0.1, 0.15) is 44.9 Å². The molecular formula is C16H24N6O2. The number of nitrogens with one attached hydrogen (secondary N) is 1. The number of imidazole rings is 1. The molecule has 0 radical (unpaired) electrons. The lowest BCUT2D eigenvalue weighted by Gasteiger charge is -2.32. The van der Waals surface area contributed by atoms with Gasteiger partial charge in [-0.25, -0.2) is 9.97 Å². The van der Waals surface area contributed by atoms with E-state index in [-0.39, 0.29) is 17.4 Å². The lowest BCUT2D eigenvalue weighted by atomic mass is 9.96. The number of rotatable bonds is 4. The molecule has 1 aliphatic rings. The van der Waals surface area contributed by atoms with Gasteiger partial charge in [-0.1, -0.05) is 20.8 Å². The van der Waals surface area contributed by atoms with Gasteiger partial charge in [0, 0.05) is 37.3 Å². The fraction of sp³-hybridized carbons (Fsp3) is 0.625. The van der Waals surface area contributed by atoms with Crippen molar-refractivity contribution >= 4 is 5.91 Å². The third kappa shape index (κ3) is 3.81. The Morgan fingerprint density at radius 2 is 2.29 bits per heavy atom. The number of carbonyl (C=O) groups is 1. The van der Waals surface area contributed by atoms with Gasteiger partial charge in [0.25, 0.3) is 0 Å². The summed E-state index contributed by atoms with van der Waals surface area (Å²) in [6.07, 6.45) is 5.49. The third-order valence-corrected chi connectivity index (χ3v) is 4.04. The number of morpholine rings is 1. The average molecular weight is 332 g/mol. The molecule has 1 amide bonds. The fourth-order valence-corrected chi connectivity index (χ4v) is 2.60. The molecule has 8 nitrogen and oxygen atoms in total. The summed E-state index contributed by atoms with van der Waals surface area (Å²) in [7, 11) is 0. The Morgan fingerprint density at radius 1 is 1.46 bits per heavy atom. The molecule has 1 fully saturated rings. The molecule has 3 rings (SSSR count). The van der Waals surface area contributed by atoms with E-state index in [1.54, 1.807) is 12.5 Å². The van der Waals surface area contributed by atoms with E-state index in [2.05, 4.69) is 40.9 Å². The number of aryl methyl sites for hydroxylation is 1. The second-order valence-corrected chi connectivity index (χ2v) is 7.04. The highest BCUT2D eigenvalue weighted by molar-refractivity contribution is 5.76. The first-order chi connectivity index (χ1) is 11.4. The minimum atomic E-state index is -0.250. The second kappa shape index (κ2) is 6.72. The summed E-state index contributed by atoms with van der Waals surface area (Å²) < 4.78 is 7.68. The van der Waals surface area contributed by atoms with Crippen molar-refractivity contribution in [1.29, 1.82) is 0 Å². The van der Waals surface area contributed by atoms with Gasteiger partial charge in [0.15, 0.2) is 11.6 Å². The molecule has 24 heavy (non-hydrogen) atoms. The molecule has 0 aliphatic carbocycles. The Labute approximate surface area is 141 Å². The van der Waals surface area contributed by atoms with Gasteiger partial charge in [-0.15, -0.1) is 0 Å². The first-order valence-electron chi connectivity index (χ1n) is 8.21. The minimum Gasteiger partial charge on any atom is -0.367 e. The van der Waals surface area contributed by atoms with Crippen molar-refractivity contribution in [2.24, 2.45) is 0 Å². The molecule has 1 N–H and O–H groups in total. The monoisotopic (exact) mass is 332 g/mol. The predicted molar refractivity (Wildman–Crippen MR) is 87.2 cm³/mol. The topological polar surface area (TPSA) is 88.9 Å². The number of nitrogens with zero attached hydrogens (tertiary/aromatic N) is 5. The number of aromatic amines is 1. The van der Waals surface area contributed by atoms with Gasteiger partial charge in [0.1, 0.15) is 6.10 Å². The Kier molecular flexibility index (Phi) is 4.66. The Bertz CT molecular complexity index is 673. The first-order valence-corrected chi connectivity index (χ1v) is 8.21. The molecule has 3 heterocycles. The van der Waals surface area contributed by atoms with Crippen LogP contribution in [0.3, 0.4) is 0 Å². The Hall–Kier alpha value is -2.22. The zero-order valence-electron chi connectivity index (χ0n) is 14.4. The maximum Gasteiger partial charge on any atom is 0.224 e. The molecule has 1 unspecified atom stereocenters. The zero-order chi connectivity index (χ0) is 17.2. The van der Waals surface area contributed by atoms with Gasteiger partial charge >= 0.3 is 0 Å². The van der Waals surface area contributed by atoms with E-state index < -0.39 is 0 Å². The van der Waals surface area contributed by atoms with Crippen molar-refractivity contribution in [1.82, 2.24) is 29.6 Å². The molecule has 130 valence electrons. The highest BCUT2D eigenvalue weighted by Crippen LogP contribution is 2.23. The van der Waals surface area contributed by atoms with Crippen molar-refractivity contribution in [3.05, 3.63) is 30.4 Å². The smallest absolute Gasteiger partial charge is 0.224 e. The van der Waals surface area contributed by atoms with Crippen LogP contribution >= 0.6 is 0 Å². The van der Waals surface area contributed by atoms with Crippen LogP contribution in [0.4, 0.5) is 0 Å². The second-order valence-electron chi connectivity index (χ2n) is 7.04. The molecule has 2 aromatic rings. The van der Waals surface area contributed by atoms with Crippen LogP contribution in [-0.2, 0) is 21.5 Å². The zero-order valence-corrected chi connectivity index (χ0v) is 14.4. The quantitative estimate of drug-likeness (QED) is 0.911. The number of hydrogen-bond acceptors (Lipinski definition) is 5. The first kappa shape index (κ1) is 16.6. The van der Waals surface area contributed by atoms with Crippen LogP contribution in [0.2, 0.25) is 0 Å². The Balaban J connectivity index is 1.59. The van der Waals surface area contributed by atoms with E-state index in [1.165, 1.54) is 0 Å². The third-order valence-electron chi connectivity index (χ3n) is 4.04. The number of amides is 1. The van der Waals surface area contributed by atoms with E-state index in [9.17, 15) is 4.79 Å². The lowest BCUT2D eigenvalue weighted by molar-refractivity contribution is -0.139. The van der Waals surface area contributed by atoms with E-state index in [1.807, 2.05) is 15.7 Å². The standard InChI is InChI=1S/C16H24N6O2/c1-16(2,3)15-18-14(19-20-15)12-10-22(8-9-24-12)13(23)4-6-21-7-5-17-11-21/h5,7,11-12H,4,6,8-10H2,1-3H3,(H,18,19,20). The van der Waals surface area contributed by atoms with Gasteiger partial charge in [0.2, 0.25) is 5.91 Å². The van der Waals surface area contributed by atoms with Crippen LogP contribution in [-0.4, -0.2) is 55.2 Å². The molecule has 0 bridgehead atoms. The number of aromatic nitrogens is 5. The van der Waals surface area contributed by atoms with Gasteiger partial charge < -0.3 is 14.2 Å². The average Bonchev–Trinajstić information content (AvgIpc) is 3.23. The van der Waals surface area contributed by atoms with Crippen molar-refractivity contribution in [3.63, 3.8) is 0 Å². The van der Waals surface area contributed by atoms with E-state index >= 15 is 0 Å². The van der Waals surface area contributed by atoms with Crippen LogP contribution in [0.15, 0.2) is 18.7 Å². The number of H-pyrrole nitrogens is 1. The molecular weight excluding hydrogens is 308 g/mol. The SMILES string of the molecule is CC(C)(C)c1n[nH]c(C2CN(C(=O)CCn3ccnc3)CCO2)n1. The Morgan fingerprint density at radius 3 is 2.96 bits per heavy atom. The van der Waals surface area contributed by atoms with Crippen LogP contribution < -0.4 is 0 Å². The van der Waals surface area contributed by atoms with Crippen LogP contribution in [0.5, 0.6) is 0 Å². The molecule has 0 spiro atoms. The molecule has 1 atom stereocenters. The van der Waals surface area contributed by atoms with Crippen molar-refractivity contribution in [2.75, 3.05) is 19.7 Å². The highest BCUT2D eigenvalue weighted by atomic mass is 16.5. The van der Waals surface area contributed by atoms with Crippen molar-refractivity contribution in [2.45, 2.75) is 45.3 Å². The summed E-state index contributed by atoms with van der Waals surface area (Å²) in [5, 5.41) is 7.23. The maximum atomic E-state index is 12.4. The summed E-state index contributed by atoms with van der Waals surface area (Å²) in [4.78, 5) is 22.8. The molecule has 1 aliphatic heterocycles. The van der Waals surface area contributed by atoms with E-state index in [0.29, 0.717) is 38.5 Å². The summed E-state index contributed by atoms with van der Waals surface area (Å²) in [5.41, 5.74) is -0.121. The van der Waals surface area contributed by atoms with Gasteiger partial charge in [0.05, 0.1) is 19.5 Å². The normalized spacial score (nSPS) is 18.8. The molecule has 0 saturated carbocycles. The number of hydrogen-bond donors (Lipinski definition) is 1. The summed E-state index contributed by atoms with van der Waals surface area (Å²) >= 11 is 0. The molecule has 2 aromatic heterocycles. The van der Waals surface area contributed by atoms with Gasteiger partial charge in [-0.2, -0.15) is 5.10 Å². The van der Waals surface area contributed by atoms with E-state index in [4.69, 9.17) is 4.74 Å². The van der Waals surface area contributed by atoms with Crippen molar-refractivity contribution in [3.8, 4) is 0 Å². The number of carbonyl (C=O) groups excluding carboxylic acids is 1. The summed E-state index contributed by atoms with van der Waals surface area (Å²) in [5.74, 6) is 1.56. The predicted octanol–water partition coefficient (Wildman–Crippen LogP) is 1.29. The lowest BCUT2D eigenvalue weighted by Crippen LogP contribution is -2.42. The largest absolute Gasteiger partial charge is 0.367 e. The molecule has 1 saturated heterocycles. The maximum absolute atomic E-state index is 12.4. The van der Waals surface area contributed by atoms with Crippen LogP contribution in [0.25, 0.3) is 0 Å². The summed E-state index contributed by atoms with van der Waals surface area (Å²) in [6, 6.07) is 0. The fourth-order valence-electron chi connectivity index (χ4n) is 2.60. The van der Waals surface area contributed by atoms with Crippen molar-refractivity contribution < 1.29 is 9.53 Å². The highest BCUT2D eigenvalue weighted by Gasteiger charge is 2.29. The minimum absolute atomic E-state index is 0.118. The van der Waals surface area contributed by atoms with Gasteiger partial charge in [-0.05, 0) is 0 Å². The molecule has 0 aromatic carbocycles. The molecule has 8 heteroatoms.